The Morgan fingerprint density at radius 1 is 1.17 bits per heavy atom. The van der Waals surface area contributed by atoms with E-state index in [1.165, 1.54) is 0 Å². The van der Waals surface area contributed by atoms with E-state index in [-0.39, 0.29) is 26.3 Å². The van der Waals surface area contributed by atoms with Gasteiger partial charge in [-0.1, -0.05) is 27.7 Å². The minimum Gasteiger partial charge on any atom is -0.394 e. The maximum atomic E-state index is 11.6. The fourth-order valence-corrected chi connectivity index (χ4v) is 1.12. The summed E-state index contributed by atoms with van der Waals surface area (Å²) in [5.74, 6) is -1.04. The number of carbonyl (C=O) groups excluding carboxylic acids is 2. The molecule has 8 nitrogen and oxygen atoms in total. The standard InChI is InChI=1S/C11H23N3O5.2C2H6/c1-11(2,7-16)19-4-3-13-10(18)8(6-15)14-9(17)5-12;2*1-2/h8,15-16H,3-7,12H2,1-2H3,(H,13,18)(H,14,17);2*1-2H3. The number of hydrogen-bond acceptors (Lipinski definition) is 6. The van der Waals surface area contributed by atoms with Crippen LogP contribution in [0.5, 0.6) is 0 Å². The molecule has 23 heavy (non-hydrogen) atoms. The quantitative estimate of drug-likeness (QED) is 0.356. The maximum absolute atomic E-state index is 11.6. The first-order chi connectivity index (χ1) is 10.9. The van der Waals surface area contributed by atoms with Gasteiger partial charge in [0.05, 0.1) is 32.0 Å². The van der Waals surface area contributed by atoms with Crippen LogP contribution < -0.4 is 16.4 Å². The van der Waals surface area contributed by atoms with E-state index >= 15 is 0 Å². The van der Waals surface area contributed by atoms with Gasteiger partial charge >= 0.3 is 0 Å². The highest BCUT2D eigenvalue weighted by Gasteiger charge is 2.20. The third-order valence-corrected chi connectivity index (χ3v) is 2.29. The molecule has 0 radical (unpaired) electrons. The molecule has 0 aliphatic rings. The first-order valence-electron chi connectivity index (χ1n) is 7.99. The Kier molecular flexibility index (Phi) is 19.9. The second kappa shape index (κ2) is 17.1. The molecular formula is C15H35N3O5. The number of aliphatic hydroxyl groups excluding tert-OH is 2. The van der Waals surface area contributed by atoms with E-state index in [0.717, 1.165) is 0 Å². The molecule has 0 bridgehead atoms. The number of hydrogen-bond donors (Lipinski definition) is 5. The van der Waals surface area contributed by atoms with Crippen molar-refractivity contribution >= 4 is 11.8 Å². The predicted molar refractivity (Wildman–Crippen MR) is 90.9 cm³/mol. The van der Waals surface area contributed by atoms with Gasteiger partial charge in [-0.25, -0.2) is 0 Å². The third-order valence-electron chi connectivity index (χ3n) is 2.29. The van der Waals surface area contributed by atoms with Crippen molar-refractivity contribution in [2.75, 3.05) is 32.9 Å². The third kappa shape index (κ3) is 15.4. The Morgan fingerprint density at radius 2 is 1.70 bits per heavy atom. The molecule has 0 heterocycles. The zero-order valence-corrected chi connectivity index (χ0v) is 15.3. The molecule has 0 saturated heterocycles. The molecule has 0 aliphatic heterocycles. The minimum atomic E-state index is -1.03. The van der Waals surface area contributed by atoms with E-state index in [4.69, 9.17) is 20.7 Å². The van der Waals surface area contributed by atoms with E-state index in [2.05, 4.69) is 10.6 Å². The Balaban J connectivity index is -0.000000919. The Morgan fingerprint density at radius 3 is 2.09 bits per heavy atom. The molecule has 0 spiro atoms. The predicted octanol–water partition coefficient (Wildman–Crippen LogP) is -0.622. The zero-order chi connectivity index (χ0) is 18.9. The van der Waals surface area contributed by atoms with Crippen molar-refractivity contribution < 1.29 is 24.5 Å². The van der Waals surface area contributed by atoms with Crippen LogP contribution in [0.3, 0.4) is 0 Å². The van der Waals surface area contributed by atoms with Crippen molar-refractivity contribution in [3.63, 3.8) is 0 Å². The van der Waals surface area contributed by atoms with E-state index < -0.39 is 30.1 Å². The van der Waals surface area contributed by atoms with Gasteiger partial charge in [0.25, 0.3) is 0 Å². The van der Waals surface area contributed by atoms with Crippen LogP contribution in [0.2, 0.25) is 0 Å². The average Bonchev–Trinajstić information content (AvgIpc) is 2.59. The minimum absolute atomic E-state index is 0.132. The summed E-state index contributed by atoms with van der Waals surface area (Å²) in [4.78, 5) is 22.6. The highest BCUT2D eigenvalue weighted by atomic mass is 16.5. The fourth-order valence-electron chi connectivity index (χ4n) is 1.12. The number of nitrogens with two attached hydrogens (primary N) is 1. The summed E-state index contributed by atoms with van der Waals surface area (Å²) in [7, 11) is 0. The number of ether oxygens (including phenoxy) is 1. The molecule has 0 aromatic carbocycles. The summed E-state index contributed by atoms with van der Waals surface area (Å²) in [6.45, 7) is 10.9. The Hall–Kier alpha value is -1.22. The molecule has 8 heteroatoms. The van der Waals surface area contributed by atoms with Gasteiger partial charge in [0.2, 0.25) is 11.8 Å². The van der Waals surface area contributed by atoms with E-state index in [1.54, 1.807) is 13.8 Å². The number of rotatable bonds is 9. The largest absolute Gasteiger partial charge is 0.394 e. The molecule has 140 valence electrons. The summed E-state index contributed by atoms with van der Waals surface area (Å²) >= 11 is 0. The lowest BCUT2D eigenvalue weighted by Crippen LogP contribution is -2.51. The van der Waals surface area contributed by atoms with Crippen LogP contribution in [0, 0.1) is 0 Å². The Bertz CT molecular complexity index is 299. The highest BCUT2D eigenvalue weighted by Crippen LogP contribution is 2.05. The topological polar surface area (TPSA) is 134 Å². The van der Waals surface area contributed by atoms with Crippen molar-refractivity contribution in [2.24, 2.45) is 5.73 Å². The Labute approximate surface area is 139 Å². The summed E-state index contributed by atoms with van der Waals surface area (Å²) in [6, 6.07) is -1.03. The lowest BCUT2D eigenvalue weighted by molar-refractivity contribution is -0.129. The molecule has 0 aromatic rings. The van der Waals surface area contributed by atoms with Gasteiger partial charge in [0.15, 0.2) is 0 Å². The van der Waals surface area contributed by atoms with Crippen LogP contribution in [0.15, 0.2) is 0 Å². The molecule has 0 aliphatic carbocycles. The number of carbonyl (C=O) groups is 2. The van der Waals surface area contributed by atoms with Crippen LogP contribution in [0.25, 0.3) is 0 Å². The van der Waals surface area contributed by atoms with Crippen molar-refractivity contribution in [3.05, 3.63) is 0 Å². The summed E-state index contributed by atoms with van der Waals surface area (Å²) < 4.78 is 5.31. The molecule has 1 atom stereocenters. The van der Waals surface area contributed by atoms with Crippen LogP contribution in [-0.4, -0.2) is 66.6 Å². The van der Waals surface area contributed by atoms with Gasteiger partial charge in [-0.3, -0.25) is 9.59 Å². The van der Waals surface area contributed by atoms with Gasteiger partial charge in [-0.15, -0.1) is 0 Å². The smallest absolute Gasteiger partial charge is 0.245 e. The second-order valence-electron chi connectivity index (χ2n) is 4.56. The molecule has 0 saturated carbocycles. The molecule has 0 rings (SSSR count). The van der Waals surface area contributed by atoms with Gasteiger partial charge < -0.3 is 31.3 Å². The van der Waals surface area contributed by atoms with Gasteiger partial charge in [-0.2, -0.15) is 0 Å². The van der Waals surface area contributed by atoms with Crippen molar-refractivity contribution in [2.45, 2.75) is 53.2 Å². The van der Waals surface area contributed by atoms with Gasteiger partial charge in [0, 0.05) is 6.54 Å². The molecular weight excluding hydrogens is 302 g/mol. The van der Waals surface area contributed by atoms with E-state index in [9.17, 15) is 9.59 Å². The fraction of sp³-hybridized carbons (Fsp3) is 0.867. The van der Waals surface area contributed by atoms with Crippen LogP contribution in [-0.2, 0) is 14.3 Å². The normalized spacial score (nSPS) is 11.2. The lowest BCUT2D eigenvalue weighted by Gasteiger charge is -2.23. The molecule has 2 amide bonds. The van der Waals surface area contributed by atoms with Crippen LogP contribution in [0.4, 0.5) is 0 Å². The SMILES string of the molecule is CC.CC.CC(C)(CO)OCCNC(=O)C(CO)NC(=O)CN. The van der Waals surface area contributed by atoms with Gasteiger partial charge in [0.1, 0.15) is 6.04 Å². The lowest BCUT2D eigenvalue weighted by atomic mass is 10.1. The number of nitrogens with one attached hydrogen (secondary N) is 2. The molecule has 6 N–H and O–H groups in total. The highest BCUT2D eigenvalue weighted by molar-refractivity contribution is 5.88. The summed E-state index contributed by atoms with van der Waals surface area (Å²) in [6.07, 6.45) is 0. The van der Waals surface area contributed by atoms with Crippen LogP contribution in [0.1, 0.15) is 41.5 Å². The van der Waals surface area contributed by atoms with Crippen molar-refractivity contribution in [1.82, 2.24) is 10.6 Å². The average molecular weight is 337 g/mol. The zero-order valence-electron chi connectivity index (χ0n) is 15.3. The monoisotopic (exact) mass is 337 g/mol. The summed E-state index contributed by atoms with van der Waals surface area (Å²) in [5, 5.41) is 22.7. The van der Waals surface area contributed by atoms with E-state index in [0.29, 0.717) is 0 Å². The maximum Gasteiger partial charge on any atom is 0.245 e. The molecule has 1 unspecified atom stereocenters. The second-order valence-corrected chi connectivity index (χ2v) is 4.56. The molecule has 0 aromatic heterocycles. The first kappa shape index (κ1) is 26.7. The van der Waals surface area contributed by atoms with Crippen LogP contribution >= 0.6 is 0 Å². The van der Waals surface area contributed by atoms with Gasteiger partial charge in [-0.05, 0) is 13.8 Å². The molecule has 0 fully saturated rings. The van der Waals surface area contributed by atoms with E-state index in [1.807, 2.05) is 27.7 Å². The van der Waals surface area contributed by atoms with Crippen molar-refractivity contribution in [3.8, 4) is 0 Å². The summed E-state index contributed by atoms with van der Waals surface area (Å²) in [5.41, 5.74) is 4.42. The number of amides is 2. The number of aliphatic hydroxyl groups is 2. The first-order valence-corrected chi connectivity index (χ1v) is 7.99. The van der Waals surface area contributed by atoms with Crippen molar-refractivity contribution in [1.29, 1.82) is 0 Å².